The summed E-state index contributed by atoms with van der Waals surface area (Å²) in [6.45, 7) is 1.88. The molecular formula is C20H19N7O3. The Balaban J connectivity index is 1.51. The van der Waals surface area contributed by atoms with E-state index < -0.39 is 0 Å². The number of ether oxygens (including phenoxy) is 1. The second-order valence-electron chi connectivity index (χ2n) is 7.89. The summed E-state index contributed by atoms with van der Waals surface area (Å²) >= 11 is 0. The molecule has 3 aliphatic rings. The van der Waals surface area contributed by atoms with Gasteiger partial charge in [0.1, 0.15) is 0 Å². The maximum Gasteiger partial charge on any atom is 0.297 e. The van der Waals surface area contributed by atoms with Gasteiger partial charge in [-0.3, -0.25) is 0 Å². The highest BCUT2D eigenvalue weighted by molar-refractivity contribution is 5.62. The second-order valence-corrected chi connectivity index (χ2v) is 7.89. The van der Waals surface area contributed by atoms with Crippen molar-refractivity contribution in [3.8, 4) is 17.6 Å². The van der Waals surface area contributed by atoms with Crippen LogP contribution in [0.4, 0.5) is 0 Å². The summed E-state index contributed by atoms with van der Waals surface area (Å²) in [5, 5.41) is 29.3. The molecule has 0 aliphatic heterocycles. The number of aryl methyl sites for hydroxylation is 1. The molecule has 0 N–H and O–H groups in total. The number of pyridine rings is 1. The summed E-state index contributed by atoms with van der Waals surface area (Å²) in [6, 6.07) is 5.25. The molecule has 0 saturated heterocycles. The third-order valence-corrected chi connectivity index (χ3v) is 6.12. The molecule has 7 rings (SSSR count). The lowest BCUT2D eigenvalue weighted by atomic mass is 9.67. The van der Waals surface area contributed by atoms with Crippen molar-refractivity contribution in [1.29, 1.82) is 0 Å². The smallest absolute Gasteiger partial charge is 0.297 e. The quantitative estimate of drug-likeness (QED) is 0.375. The van der Waals surface area contributed by atoms with Gasteiger partial charge < -0.3 is 14.5 Å². The van der Waals surface area contributed by atoms with Gasteiger partial charge in [-0.1, -0.05) is 5.16 Å². The number of hydrogen-bond donors (Lipinski definition) is 0. The van der Waals surface area contributed by atoms with Crippen molar-refractivity contribution < 1.29 is 14.0 Å². The van der Waals surface area contributed by atoms with E-state index in [1.165, 1.54) is 6.20 Å². The van der Waals surface area contributed by atoms with Gasteiger partial charge in [0.2, 0.25) is 17.4 Å². The summed E-state index contributed by atoms with van der Waals surface area (Å²) in [5.41, 5.74) is 3.50. The molecule has 10 nitrogen and oxygen atoms in total. The molecule has 0 spiro atoms. The van der Waals surface area contributed by atoms with Gasteiger partial charge in [-0.05, 0) is 50.5 Å². The molecule has 4 heterocycles. The molecule has 0 atom stereocenters. The number of fused-ring (bicyclic) bond motifs is 3. The van der Waals surface area contributed by atoms with Crippen molar-refractivity contribution in [2.75, 3.05) is 0 Å². The first-order valence-electron chi connectivity index (χ1n) is 10.1. The minimum Gasteiger partial charge on any atom is -0.618 e. The van der Waals surface area contributed by atoms with E-state index in [1.54, 1.807) is 23.6 Å². The lowest BCUT2D eigenvalue weighted by molar-refractivity contribution is -0.616. The van der Waals surface area contributed by atoms with E-state index in [2.05, 4.69) is 20.3 Å². The van der Waals surface area contributed by atoms with Crippen LogP contribution in [0.1, 0.15) is 60.2 Å². The first-order chi connectivity index (χ1) is 14.7. The number of aromatic nitrogens is 7. The van der Waals surface area contributed by atoms with Crippen molar-refractivity contribution in [3.63, 3.8) is 0 Å². The highest BCUT2D eigenvalue weighted by Gasteiger charge is 2.39. The average Bonchev–Trinajstić information content (AvgIpc) is 3.39. The monoisotopic (exact) mass is 405 g/mol. The molecule has 0 radical (unpaired) electrons. The standard InChI is InChI=1S/C20H19N7O3/c1-11-21-20(30-25-11)18-23-22-17-15-12-5-7-13(8-6-12)16(15)19(24-27(17)18)29-10-14-4-2-3-9-26(14)28/h2-4,9,12-13H,5-8,10H2,1H3. The molecule has 4 aromatic rings. The topological polar surface area (TPSA) is 118 Å². The van der Waals surface area contributed by atoms with Gasteiger partial charge >= 0.3 is 0 Å². The molecule has 3 aliphatic carbocycles. The maximum atomic E-state index is 12.0. The molecule has 30 heavy (non-hydrogen) atoms. The van der Waals surface area contributed by atoms with Crippen LogP contribution in [0.2, 0.25) is 0 Å². The maximum absolute atomic E-state index is 12.0. The van der Waals surface area contributed by atoms with Gasteiger partial charge in [-0.15, -0.1) is 15.3 Å². The Kier molecular flexibility index (Phi) is 3.74. The number of rotatable bonds is 4. The molecule has 0 unspecified atom stereocenters. The van der Waals surface area contributed by atoms with Crippen molar-refractivity contribution in [1.82, 2.24) is 30.0 Å². The Bertz CT molecular complexity index is 1260. The fourth-order valence-corrected chi connectivity index (χ4v) is 4.74. The first-order valence-corrected chi connectivity index (χ1v) is 10.1. The lowest BCUT2D eigenvalue weighted by Gasteiger charge is -2.38. The van der Waals surface area contributed by atoms with Gasteiger partial charge in [-0.2, -0.15) is 14.2 Å². The Morgan fingerprint density at radius 3 is 2.70 bits per heavy atom. The third-order valence-electron chi connectivity index (χ3n) is 6.12. The van der Waals surface area contributed by atoms with Crippen LogP contribution in [-0.4, -0.2) is 30.0 Å². The van der Waals surface area contributed by atoms with E-state index in [0.29, 0.717) is 35.1 Å². The Labute approximate surface area is 171 Å². The van der Waals surface area contributed by atoms with Crippen LogP contribution in [-0.2, 0) is 6.61 Å². The normalized spacial score (nSPS) is 19.9. The van der Waals surface area contributed by atoms with E-state index >= 15 is 0 Å². The molecule has 0 amide bonds. The molecule has 2 bridgehead atoms. The van der Waals surface area contributed by atoms with Crippen LogP contribution in [0.25, 0.3) is 17.4 Å². The molecule has 1 saturated carbocycles. The third kappa shape index (κ3) is 2.56. The predicted molar refractivity (Wildman–Crippen MR) is 102 cm³/mol. The van der Waals surface area contributed by atoms with E-state index in [4.69, 9.17) is 14.4 Å². The van der Waals surface area contributed by atoms with Gasteiger partial charge in [0.15, 0.2) is 24.3 Å². The molecule has 1 fully saturated rings. The molecule has 152 valence electrons. The minimum absolute atomic E-state index is 0.129. The number of nitrogens with zero attached hydrogens (tertiary/aromatic N) is 7. The average molecular weight is 405 g/mol. The zero-order valence-electron chi connectivity index (χ0n) is 16.4. The van der Waals surface area contributed by atoms with Crippen molar-refractivity contribution in [3.05, 3.63) is 52.2 Å². The van der Waals surface area contributed by atoms with E-state index in [1.807, 2.05) is 6.07 Å². The Morgan fingerprint density at radius 2 is 1.97 bits per heavy atom. The van der Waals surface area contributed by atoms with E-state index in [-0.39, 0.29) is 12.5 Å². The summed E-state index contributed by atoms with van der Waals surface area (Å²) in [6.07, 6.45) is 5.93. The fourth-order valence-electron chi connectivity index (χ4n) is 4.74. The van der Waals surface area contributed by atoms with Gasteiger partial charge in [0.05, 0.1) is 0 Å². The zero-order chi connectivity index (χ0) is 20.2. The van der Waals surface area contributed by atoms with Gasteiger partial charge in [-0.25, -0.2) is 0 Å². The Hall–Kier alpha value is -3.56. The van der Waals surface area contributed by atoms with Crippen LogP contribution >= 0.6 is 0 Å². The van der Waals surface area contributed by atoms with E-state index in [0.717, 1.165) is 47.2 Å². The van der Waals surface area contributed by atoms with Crippen molar-refractivity contribution in [2.24, 2.45) is 0 Å². The lowest BCUT2D eigenvalue weighted by Crippen LogP contribution is -2.32. The van der Waals surface area contributed by atoms with Crippen LogP contribution < -0.4 is 9.47 Å². The fraction of sp³-hybridized carbons (Fsp3) is 0.400. The Morgan fingerprint density at radius 1 is 1.17 bits per heavy atom. The van der Waals surface area contributed by atoms with Crippen molar-refractivity contribution >= 4 is 5.65 Å². The van der Waals surface area contributed by atoms with Crippen molar-refractivity contribution in [2.45, 2.75) is 51.0 Å². The highest BCUT2D eigenvalue weighted by atomic mass is 16.5. The van der Waals surface area contributed by atoms with Crippen LogP contribution in [0.15, 0.2) is 28.9 Å². The molecular weight excluding hydrogens is 386 g/mol. The summed E-state index contributed by atoms with van der Waals surface area (Å²) < 4.78 is 13.9. The largest absolute Gasteiger partial charge is 0.618 e. The van der Waals surface area contributed by atoms with Gasteiger partial charge in [0, 0.05) is 23.3 Å². The minimum atomic E-state index is 0.129. The van der Waals surface area contributed by atoms with Crippen LogP contribution in [0, 0.1) is 12.1 Å². The SMILES string of the molecule is Cc1noc(-c2nnc3c4c(c(OCc5cccc[n+]5[O-])nn23)C2CCC4CC2)n1. The number of hydrogen-bond acceptors (Lipinski definition) is 8. The molecule has 0 aromatic carbocycles. The molecule has 4 aromatic heterocycles. The summed E-state index contributed by atoms with van der Waals surface area (Å²) in [7, 11) is 0. The zero-order valence-corrected chi connectivity index (χ0v) is 16.4. The predicted octanol–water partition coefficient (Wildman–Crippen LogP) is 2.45. The van der Waals surface area contributed by atoms with Crippen LogP contribution in [0.5, 0.6) is 5.88 Å². The van der Waals surface area contributed by atoms with E-state index in [9.17, 15) is 5.21 Å². The molecule has 10 heteroatoms. The van der Waals surface area contributed by atoms with Gasteiger partial charge in [0.25, 0.3) is 5.89 Å². The van der Waals surface area contributed by atoms with Crippen LogP contribution in [0.3, 0.4) is 0 Å². The highest BCUT2D eigenvalue weighted by Crippen LogP contribution is 2.53. The first kappa shape index (κ1) is 17.3. The summed E-state index contributed by atoms with van der Waals surface area (Å²) in [5.74, 6) is 2.48. The summed E-state index contributed by atoms with van der Waals surface area (Å²) in [4.78, 5) is 4.27. The second kappa shape index (κ2) is 6.48.